The normalized spacial score (nSPS) is 12.5. The average Bonchev–Trinajstić information content (AvgIpc) is 2.37. The number of nitrogens with one attached hydrogen (secondary N) is 1. The summed E-state index contributed by atoms with van der Waals surface area (Å²) in [7, 11) is 0. The molecule has 0 saturated carbocycles. The van der Waals surface area contributed by atoms with Crippen LogP contribution in [0.1, 0.15) is 31.1 Å². The predicted molar refractivity (Wildman–Crippen MR) is 71.2 cm³/mol. The van der Waals surface area contributed by atoms with Gasteiger partial charge in [-0.25, -0.2) is 9.37 Å². The van der Waals surface area contributed by atoms with Crippen molar-refractivity contribution in [1.29, 1.82) is 0 Å². The minimum Gasteiger partial charge on any atom is -0.381 e. The molecule has 0 aliphatic carbocycles. The summed E-state index contributed by atoms with van der Waals surface area (Å²) in [5.41, 5.74) is 5.24. The molecule has 0 saturated heterocycles. The molecule has 1 atom stereocenters. The van der Waals surface area contributed by atoms with Gasteiger partial charge in [0.2, 0.25) is 0 Å². The monoisotopic (exact) mass is 269 g/mol. The second-order valence-electron chi connectivity index (χ2n) is 4.54. The van der Waals surface area contributed by atoms with Crippen LogP contribution in [0.3, 0.4) is 0 Å². The predicted octanol–water partition coefficient (Wildman–Crippen LogP) is 1.59. The average molecular weight is 269 g/mol. The van der Waals surface area contributed by atoms with Crippen LogP contribution in [0.2, 0.25) is 0 Å². The van der Waals surface area contributed by atoms with Gasteiger partial charge in [0, 0.05) is 12.8 Å². The van der Waals surface area contributed by atoms with Gasteiger partial charge in [-0.3, -0.25) is 4.79 Å². The largest absolute Gasteiger partial charge is 0.381 e. The van der Waals surface area contributed by atoms with E-state index in [1.807, 2.05) is 20.8 Å². The maximum Gasteiger partial charge on any atom is 0.254 e. The van der Waals surface area contributed by atoms with E-state index in [1.165, 1.54) is 12.3 Å². The lowest BCUT2D eigenvalue weighted by atomic mass is 10.0. The number of hydrogen-bond acceptors (Lipinski definition) is 4. The molecular weight excluding hydrogens is 249 g/mol. The number of halogens is 1. The van der Waals surface area contributed by atoms with E-state index in [4.69, 9.17) is 10.5 Å². The molecule has 5 nitrogen and oxygen atoms in total. The van der Waals surface area contributed by atoms with Crippen LogP contribution in [0, 0.1) is 11.7 Å². The summed E-state index contributed by atoms with van der Waals surface area (Å²) in [6.07, 6.45) is 1.31. The molecule has 1 unspecified atom stereocenters. The number of hydrogen-bond donors (Lipinski definition) is 2. The fourth-order valence-electron chi connectivity index (χ4n) is 1.53. The molecule has 19 heavy (non-hydrogen) atoms. The number of carbonyl (C=O) groups excluding carboxylic acids is 1. The molecule has 6 heteroatoms. The van der Waals surface area contributed by atoms with Crippen LogP contribution in [0.25, 0.3) is 0 Å². The fourth-order valence-corrected chi connectivity index (χ4v) is 1.53. The third-order valence-electron chi connectivity index (χ3n) is 2.78. The highest BCUT2D eigenvalue weighted by atomic mass is 19.1. The Labute approximate surface area is 112 Å². The number of amides is 1. The van der Waals surface area contributed by atoms with Gasteiger partial charge in [-0.15, -0.1) is 0 Å². The standard InChI is InChI=1S/C13H20FN3O2/c1-4-19-7-10(8(2)3)17-13(18)9-5-6-16-12(15)11(9)14/h5-6,8,10H,4,7H2,1-3H3,(H2,15,16)(H,17,18). The van der Waals surface area contributed by atoms with E-state index in [0.717, 1.165) is 0 Å². The third kappa shape index (κ3) is 4.17. The van der Waals surface area contributed by atoms with Crippen molar-refractivity contribution in [1.82, 2.24) is 10.3 Å². The number of ether oxygens (including phenoxy) is 1. The molecule has 0 aliphatic heterocycles. The topological polar surface area (TPSA) is 77.2 Å². The molecule has 1 aromatic rings. The van der Waals surface area contributed by atoms with E-state index >= 15 is 0 Å². The van der Waals surface area contributed by atoms with Gasteiger partial charge in [-0.05, 0) is 18.9 Å². The lowest BCUT2D eigenvalue weighted by Crippen LogP contribution is -2.42. The van der Waals surface area contributed by atoms with Crippen LogP contribution in [0.15, 0.2) is 12.3 Å². The molecule has 0 bridgehead atoms. The van der Waals surface area contributed by atoms with Crippen molar-refractivity contribution in [3.05, 3.63) is 23.6 Å². The smallest absolute Gasteiger partial charge is 0.254 e. The summed E-state index contributed by atoms with van der Waals surface area (Å²) in [5, 5.41) is 2.75. The van der Waals surface area contributed by atoms with Gasteiger partial charge in [-0.1, -0.05) is 13.8 Å². The van der Waals surface area contributed by atoms with Crippen molar-refractivity contribution in [2.24, 2.45) is 5.92 Å². The Morgan fingerprint density at radius 3 is 2.84 bits per heavy atom. The lowest BCUT2D eigenvalue weighted by molar-refractivity contribution is 0.0803. The second-order valence-corrected chi connectivity index (χ2v) is 4.54. The first-order chi connectivity index (χ1) is 8.97. The van der Waals surface area contributed by atoms with E-state index in [9.17, 15) is 9.18 Å². The van der Waals surface area contributed by atoms with Crippen molar-refractivity contribution in [3.8, 4) is 0 Å². The number of pyridine rings is 1. The zero-order chi connectivity index (χ0) is 14.4. The highest BCUT2D eigenvalue weighted by molar-refractivity contribution is 5.95. The van der Waals surface area contributed by atoms with Gasteiger partial charge in [0.1, 0.15) is 0 Å². The molecule has 0 aliphatic rings. The highest BCUT2D eigenvalue weighted by Crippen LogP contribution is 2.12. The Morgan fingerprint density at radius 1 is 1.58 bits per heavy atom. The molecule has 0 fully saturated rings. The fraction of sp³-hybridized carbons (Fsp3) is 0.538. The van der Waals surface area contributed by atoms with Crippen LogP contribution >= 0.6 is 0 Å². The van der Waals surface area contributed by atoms with E-state index in [-0.39, 0.29) is 23.3 Å². The van der Waals surface area contributed by atoms with E-state index in [1.54, 1.807) is 0 Å². The summed E-state index contributed by atoms with van der Waals surface area (Å²) >= 11 is 0. The van der Waals surface area contributed by atoms with Crippen molar-refractivity contribution in [2.75, 3.05) is 18.9 Å². The quantitative estimate of drug-likeness (QED) is 0.822. The Balaban J connectivity index is 2.79. The van der Waals surface area contributed by atoms with Crippen molar-refractivity contribution in [2.45, 2.75) is 26.8 Å². The minimum absolute atomic E-state index is 0.102. The number of rotatable bonds is 6. The SMILES string of the molecule is CCOCC(NC(=O)c1ccnc(N)c1F)C(C)C. The van der Waals surface area contributed by atoms with E-state index in [0.29, 0.717) is 13.2 Å². The highest BCUT2D eigenvalue weighted by Gasteiger charge is 2.20. The van der Waals surface area contributed by atoms with E-state index < -0.39 is 11.7 Å². The minimum atomic E-state index is -0.793. The van der Waals surface area contributed by atoms with Crippen LogP contribution < -0.4 is 11.1 Å². The van der Waals surface area contributed by atoms with Gasteiger partial charge in [0.25, 0.3) is 5.91 Å². The summed E-state index contributed by atoms with van der Waals surface area (Å²) < 4.78 is 19.0. The first kappa shape index (κ1) is 15.4. The second kappa shape index (κ2) is 7.04. The molecule has 1 rings (SSSR count). The number of nitrogens with zero attached hydrogens (tertiary/aromatic N) is 1. The number of anilines is 1. The molecule has 1 aromatic heterocycles. The molecule has 3 N–H and O–H groups in total. The summed E-state index contributed by atoms with van der Waals surface area (Å²) in [6.45, 7) is 6.75. The molecular formula is C13H20FN3O2. The number of nitrogens with two attached hydrogens (primary N) is 1. The Hall–Kier alpha value is -1.69. The summed E-state index contributed by atoms with van der Waals surface area (Å²) in [4.78, 5) is 15.6. The maximum absolute atomic E-state index is 13.7. The van der Waals surface area contributed by atoms with Crippen LogP contribution in [0.5, 0.6) is 0 Å². The number of nitrogen functional groups attached to an aromatic ring is 1. The Kier molecular flexibility index (Phi) is 5.69. The molecule has 1 amide bonds. The Morgan fingerprint density at radius 2 is 2.26 bits per heavy atom. The summed E-state index contributed by atoms with van der Waals surface area (Å²) in [6, 6.07) is 1.13. The van der Waals surface area contributed by atoms with Gasteiger partial charge in [0.05, 0.1) is 18.2 Å². The first-order valence-corrected chi connectivity index (χ1v) is 6.26. The summed E-state index contributed by atoms with van der Waals surface area (Å²) in [5.74, 6) is -1.40. The van der Waals surface area contributed by atoms with Crippen LogP contribution in [-0.4, -0.2) is 30.1 Å². The Bertz CT molecular complexity index is 438. The first-order valence-electron chi connectivity index (χ1n) is 6.26. The molecule has 0 aromatic carbocycles. The maximum atomic E-state index is 13.7. The zero-order valence-electron chi connectivity index (χ0n) is 11.4. The van der Waals surface area contributed by atoms with Crippen molar-refractivity contribution in [3.63, 3.8) is 0 Å². The molecule has 0 spiro atoms. The van der Waals surface area contributed by atoms with Gasteiger partial charge in [0.15, 0.2) is 11.6 Å². The van der Waals surface area contributed by atoms with Crippen LogP contribution in [-0.2, 0) is 4.74 Å². The van der Waals surface area contributed by atoms with Crippen molar-refractivity contribution < 1.29 is 13.9 Å². The third-order valence-corrected chi connectivity index (χ3v) is 2.78. The van der Waals surface area contributed by atoms with Gasteiger partial charge < -0.3 is 15.8 Å². The van der Waals surface area contributed by atoms with Crippen molar-refractivity contribution >= 4 is 11.7 Å². The van der Waals surface area contributed by atoms with Gasteiger partial charge in [-0.2, -0.15) is 0 Å². The lowest BCUT2D eigenvalue weighted by Gasteiger charge is -2.22. The molecule has 0 radical (unpaired) electrons. The van der Waals surface area contributed by atoms with Crippen LogP contribution in [0.4, 0.5) is 10.2 Å². The molecule has 1 heterocycles. The van der Waals surface area contributed by atoms with Gasteiger partial charge >= 0.3 is 0 Å². The number of aromatic nitrogens is 1. The molecule has 106 valence electrons. The van der Waals surface area contributed by atoms with E-state index in [2.05, 4.69) is 10.3 Å². The zero-order valence-corrected chi connectivity index (χ0v) is 11.4. The number of carbonyl (C=O) groups is 1.